The summed E-state index contributed by atoms with van der Waals surface area (Å²) in [6.45, 7) is 0. The zero-order chi connectivity index (χ0) is 12.3. The van der Waals surface area contributed by atoms with Gasteiger partial charge in [-0.05, 0) is 27.6 Å². The molecular weight excluding hydrogens is 307 g/mol. The number of methoxy groups -OCH3 is 1. The fraction of sp³-hybridized carbons (Fsp3) is 0.333. The van der Waals surface area contributed by atoms with Crippen molar-refractivity contribution in [3.63, 3.8) is 0 Å². The van der Waals surface area contributed by atoms with Gasteiger partial charge in [0.05, 0.1) is 11.6 Å². The first-order valence-corrected chi connectivity index (χ1v) is 5.45. The van der Waals surface area contributed by atoms with Crippen LogP contribution in [0.25, 0.3) is 0 Å². The average molecular weight is 315 g/mol. The van der Waals surface area contributed by atoms with Crippen LogP contribution in [0.15, 0.2) is 10.5 Å². The molecular formula is C9H7BrClF2NO2. The van der Waals surface area contributed by atoms with Crippen molar-refractivity contribution in [2.45, 2.75) is 12.3 Å². The van der Waals surface area contributed by atoms with Gasteiger partial charge in [-0.3, -0.25) is 0 Å². The SMILES string of the molecule is COC(=O)c1nc(C(F)F)cc(CCl)c1Br. The summed E-state index contributed by atoms with van der Waals surface area (Å²) in [5.74, 6) is -0.798. The lowest BCUT2D eigenvalue weighted by molar-refractivity contribution is 0.0591. The number of halogens is 4. The van der Waals surface area contributed by atoms with E-state index in [0.29, 0.717) is 5.56 Å². The number of aromatic nitrogens is 1. The van der Waals surface area contributed by atoms with Gasteiger partial charge >= 0.3 is 5.97 Å². The molecule has 0 N–H and O–H groups in total. The lowest BCUT2D eigenvalue weighted by Crippen LogP contribution is -2.09. The Morgan fingerprint density at radius 3 is 2.75 bits per heavy atom. The molecule has 0 saturated heterocycles. The molecule has 0 aliphatic rings. The molecule has 0 aliphatic heterocycles. The number of carbonyl (C=O) groups excluding carboxylic acids is 1. The molecule has 0 atom stereocenters. The molecule has 0 bridgehead atoms. The Hall–Kier alpha value is -0.750. The number of carbonyl (C=O) groups is 1. The molecule has 0 radical (unpaired) electrons. The third-order valence-corrected chi connectivity index (χ3v) is 2.97. The molecule has 7 heteroatoms. The standard InChI is InChI=1S/C9H7BrClF2NO2/c1-16-9(15)7-6(10)4(3-11)2-5(14-7)8(12)13/h2,8H,3H2,1H3. The van der Waals surface area contributed by atoms with Crippen molar-refractivity contribution in [3.05, 3.63) is 27.5 Å². The zero-order valence-corrected chi connectivity index (χ0v) is 10.5. The van der Waals surface area contributed by atoms with Crippen LogP contribution in [0.5, 0.6) is 0 Å². The molecule has 0 saturated carbocycles. The van der Waals surface area contributed by atoms with Crippen molar-refractivity contribution in [1.82, 2.24) is 4.98 Å². The van der Waals surface area contributed by atoms with E-state index >= 15 is 0 Å². The van der Waals surface area contributed by atoms with Crippen LogP contribution in [-0.2, 0) is 10.6 Å². The van der Waals surface area contributed by atoms with E-state index in [1.807, 2.05) is 0 Å². The van der Waals surface area contributed by atoms with Crippen molar-refractivity contribution in [3.8, 4) is 0 Å². The number of hydrogen-bond donors (Lipinski definition) is 0. The van der Waals surface area contributed by atoms with Crippen LogP contribution in [0.4, 0.5) is 8.78 Å². The molecule has 88 valence electrons. The summed E-state index contributed by atoms with van der Waals surface area (Å²) < 4.78 is 29.7. The fourth-order valence-electron chi connectivity index (χ4n) is 1.05. The van der Waals surface area contributed by atoms with E-state index in [4.69, 9.17) is 11.6 Å². The lowest BCUT2D eigenvalue weighted by Gasteiger charge is -2.08. The largest absolute Gasteiger partial charge is 0.464 e. The van der Waals surface area contributed by atoms with Gasteiger partial charge in [-0.1, -0.05) is 0 Å². The van der Waals surface area contributed by atoms with Crippen molar-refractivity contribution < 1.29 is 18.3 Å². The minimum atomic E-state index is -2.77. The second kappa shape index (κ2) is 5.54. The first-order valence-electron chi connectivity index (χ1n) is 4.13. The van der Waals surface area contributed by atoms with Gasteiger partial charge in [0, 0.05) is 5.88 Å². The second-order valence-corrected chi connectivity index (χ2v) is 3.86. The zero-order valence-electron chi connectivity index (χ0n) is 8.14. The van der Waals surface area contributed by atoms with Crippen LogP contribution in [0, 0.1) is 0 Å². The Morgan fingerprint density at radius 2 is 2.31 bits per heavy atom. The van der Waals surface area contributed by atoms with E-state index in [9.17, 15) is 13.6 Å². The van der Waals surface area contributed by atoms with Crippen LogP contribution in [0.3, 0.4) is 0 Å². The van der Waals surface area contributed by atoms with Gasteiger partial charge in [0.1, 0.15) is 5.69 Å². The Labute approximate surface area is 104 Å². The molecule has 0 spiro atoms. The third kappa shape index (κ3) is 2.68. The average Bonchev–Trinajstić information content (AvgIpc) is 2.28. The Balaban J connectivity index is 3.35. The van der Waals surface area contributed by atoms with E-state index in [1.54, 1.807) is 0 Å². The van der Waals surface area contributed by atoms with Gasteiger partial charge in [-0.25, -0.2) is 18.6 Å². The number of ether oxygens (including phenoxy) is 1. The minimum Gasteiger partial charge on any atom is -0.464 e. The molecule has 1 rings (SSSR count). The molecule has 0 unspecified atom stereocenters. The van der Waals surface area contributed by atoms with E-state index < -0.39 is 18.1 Å². The Kier molecular flexibility index (Phi) is 4.61. The molecule has 1 aromatic rings. The first-order chi connectivity index (χ1) is 7.51. The van der Waals surface area contributed by atoms with Crippen LogP contribution in [0.1, 0.15) is 28.2 Å². The molecule has 0 amide bonds. The highest BCUT2D eigenvalue weighted by Crippen LogP contribution is 2.27. The fourth-order valence-corrected chi connectivity index (χ4v) is 1.92. The van der Waals surface area contributed by atoms with E-state index in [-0.39, 0.29) is 16.0 Å². The molecule has 0 aliphatic carbocycles. The molecule has 0 aromatic carbocycles. The predicted octanol–water partition coefficient (Wildman–Crippen LogP) is 3.31. The molecule has 0 fully saturated rings. The van der Waals surface area contributed by atoms with Crippen LogP contribution >= 0.6 is 27.5 Å². The van der Waals surface area contributed by atoms with E-state index in [2.05, 4.69) is 25.7 Å². The van der Waals surface area contributed by atoms with Crippen LogP contribution < -0.4 is 0 Å². The number of esters is 1. The van der Waals surface area contributed by atoms with Crippen LogP contribution in [0.2, 0.25) is 0 Å². The summed E-state index contributed by atoms with van der Waals surface area (Å²) >= 11 is 8.65. The maximum absolute atomic E-state index is 12.5. The van der Waals surface area contributed by atoms with Gasteiger partial charge in [0.15, 0.2) is 5.69 Å². The highest BCUT2D eigenvalue weighted by Gasteiger charge is 2.20. The topological polar surface area (TPSA) is 39.2 Å². The predicted molar refractivity (Wildman–Crippen MR) is 57.8 cm³/mol. The van der Waals surface area contributed by atoms with Crippen molar-refractivity contribution in [2.24, 2.45) is 0 Å². The number of rotatable bonds is 3. The highest BCUT2D eigenvalue weighted by atomic mass is 79.9. The minimum absolute atomic E-state index is 0.00713. The molecule has 1 aromatic heterocycles. The van der Waals surface area contributed by atoms with E-state index in [0.717, 1.165) is 13.2 Å². The molecule has 3 nitrogen and oxygen atoms in total. The van der Waals surface area contributed by atoms with Crippen molar-refractivity contribution >= 4 is 33.5 Å². The Bertz CT molecular complexity index is 415. The van der Waals surface area contributed by atoms with Crippen LogP contribution in [-0.4, -0.2) is 18.1 Å². The number of nitrogens with zero attached hydrogens (tertiary/aromatic N) is 1. The second-order valence-electron chi connectivity index (χ2n) is 2.79. The highest BCUT2D eigenvalue weighted by molar-refractivity contribution is 9.10. The number of alkyl halides is 3. The quantitative estimate of drug-likeness (QED) is 0.635. The maximum atomic E-state index is 12.5. The lowest BCUT2D eigenvalue weighted by atomic mass is 10.2. The summed E-state index contributed by atoms with van der Waals surface area (Å²) in [6.07, 6.45) is -2.77. The number of hydrogen-bond acceptors (Lipinski definition) is 3. The van der Waals surface area contributed by atoms with Gasteiger partial charge in [-0.15, -0.1) is 11.6 Å². The van der Waals surface area contributed by atoms with Crippen molar-refractivity contribution in [1.29, 1.82) is 0 Å². The summed E-state index contributed by atoms with van der Waals surface area (Å²) in [5, 5.41) is 0. The van der Waals surface area contributed by atoms with Gasteiger partial charge < -0.3 is 4.74 Å². The maximum Gasteiger partial charge on any atom is 0.357 e. The normalized spacial score (nSPS) is 10.6. The summed E-state index contributed by atoms with van der Waals surface area (Å²) in [5.41, 5.74) is -0.331. The Morgan fingerprint density at radius 1 is 1.69 bits per heavy atom. The molecule has 1 heterocycles. The van der Waals surface area contributed by atoms with E-state index in [1.165, 1.54) is 0 Å². The van der Waals surface area contributed by atoms with Gasteiger partial charge in [0.25, 0.3) is 6.43 Å². The van der Waals surface area contributed by atoms with Gasteiger partial charge in [0.2, 0.25) is 0 Å². The summed E-state index contributed by atoms with van der Waals surface area (Å²) in [7, 11) is 1.14. The smallest absolute Gasteiger partial charge is 0.357 e. The van der Waals surface area contributed by atoms with Crippen molar-refractivity contribution in [2.75, 3.05) is 7.11 Å². The molecule has 16 heavy (non-hydrogen) atoms. The van der Waals surface area contributed by atoms with Gasteiger partial charge in [-0.2, -0.15) is 0 Å². The monoisotopic (exact) mass is 313 g/mol. The first kappa shape index (κ1) is 13.3. The third-order valence-electron chi connectivity index (χ3n) is 1.80. The summed E-state index contributed by atoms with van der Waals surface area (Å²) in [6, 6.07) is 1.15. The summed E-state index contributed by atoms with van der Waals surface area (Å²) in [4.78, 5) is 14.8. The number of pyridine rings is 1.